The predicted molar refractivity (Wildman–Crippen MR) is 113 cm³/mol. The molecule has 0 radical (unpaired) electrons. The lowest BCUT2D eigenvalue weighted by atomic mass is 9.90. The van der Waals surface area contributed by atoms with Gasteiger partial charge in [-0.05, 0) is 62.9 Å². The fraction of sp³-hybridized carbons (Fsp3) is 0.524. The van der Waals surface area contributed by atoms with Crippen molar-refractivity contribution in [1.29, 1.82) is 0 Å². The third-order valence-electron chi connectivity index (χ3n) is 5.79. The summed E-state index contributed by atoms with van der Waals surface area (Å²) in [7, 11) is -3.64. The molecule has 0 aromatic heterocycles. The summed E-state index contributed by atoms with van der Waals surface area (Å²) < 4.78 is 32.7. The van der Waals surface area contributed by atoms with Crippen LogP contribution in [0, 0.1) is 5.92 Å². The van der Waals surface area contributed by atoms with Crippen LogP contribution in [0.3, 0.4) is 0 Å². The molecule has 2 fully saturated rings. The van der Waals surface area contributed by atoms with Crippen LogP contribution in [0.5, 0.6) is 0 Å². The van der Waals surface area contributed by atoms with Crippen molar-refractivity contribution in [2.75, 3.05) is 31.6 Å². The van der Waals surface area contributed by atoms with Crippen molar-refractivity contribution >= 4 is 27.5 Å². The topological polar surface area (TPSA) is 105 Å². The molecule has 0 unspecified atom stereocenters. The normalized spacial score (nSPS) is 20.3. The number of nitrogens with zero attached hydrogens (tertiary/aromatic N) is 1. The van der Waals surface area contributed by atoms with E-state index < -0.39 is 15.6 Å². The monoisotopic (exact) mass is 435 g/mol. The van der Waals surface area contributed by atoms with Crippen LogP contribution in [-0.4, -0.2) is 56.4 Å². The fourth-order valence-corrected chi connectivity index (χ4v) is 5.20. The highest BCUT2D eigenvalue weighted by Crippen LogP contribution is 2.27. The Bertz CT molecular complexity index is 884. The van der Waals surface area contributed by atoms with Gasteiger partial charge < -0.3 is 15.4 Å². The van der Waals surface area contributed by atoms with Crippen LogP contribution in [0.25, 0.3) is 0 Å². The lowest BCUT2D eigenvalue weighted by Crippen LogP contribution is -2.53. The van der Waals surface area contributed by atoms with Gasteiger partial charge in [-0.3, -0.25) is 9.59 Å². The molecule has 164 valence electrons. The molecule has 0 atom stereocenters. The van der Waals surface area contributed by atoms with Gasteiger partial charge in [-0.15, -0.1) is 0 Å². The molecule has 30 heavy (non-hydrogen) atoms. The van der Waals surface area contributed by atoms with Crippen molar-refractivity contribution in [2.24, 2.45) is 5.92 Å². The second kappa shape index (κ2) is 9.28. The van der Waals surface area contributed by atoms with E-state index in [4.69, 9.17) is 4.74 Å². The van der Waals surface area contributed by atoms with Crippen LogP contribution in [0.1, 0.15) is 32.6 Å². The van der Waals surface area contributed by atoms with Crippen molar-refractivity contribution in [3.8, 4) is 0 Å². The molecule has 8 nitrogen and oxygen atoms in total. The molecule has 2 aliphatic rings. The van der Waals surface area contributed by atoms with Gasteiger partial charge in [0.2, 0.25) is 21.8 Å². The molecular formula is C21H29N3O5S. The number of carbonyl (C=O) groups excluding carboxylic acids is 2. The lowest BCUT2D eigenvalue weighted by molar-refractivity contribution is -0.122. The molecule has 2 amide bonds. The molecular weight excluding hydrogens is 406 g/mol. The van der Waals surface area contributed by atoms with E-state index in [1.54, 1.807) is 12.1 Å². The molecule has 0 saturated carbocycles. The number of piperidine rings is 1. The van der Waals surface area contributed by atoms with Crippen molar-refractivity contribution in [2.45, 2.75) is 43.0 Å². The van der Waals surface area contributed by atoms with E-state index in [1.807, 2.05) is 6.92 Å². The molecule has 1 aromatic carbocycles. The number of nitrogens with one attached hydrogen (secondary N) is 2. The number of amides is 2. The van der Waals surface area contributed by atoms with Gasteiger partial charge in [0.25, 0.3) is 0 Å². The summed E-state index contributed by atoms with van der Waals surface area (Å²) in [6.07, 6.45) is 3.64. The molecule has 2 aliphatic heterocycles. The van der Waals surface area contributed by atoms with E-state index in [2.05, 4.69) is 17.2 Å². The summed E-state index contributed by atoms with van der Waals surface area (Å²) in [5, 5.41) is 5.74. The van der Waals surface area contributed by atoms with E-state index in [-0.39, 0.29) is 22.6 Å². The minimum atomic E-state index is -3.64. The number of sulfonamides is 1. The molecule has 2 N–H and O–H groups in total. The minimum Gasteiger partial charge on any atom is -0.381 e. The zero-order valence-corrected chi connectivity index (χ0v) is 18.0. The Balaban J connectivity index is 1.60. The third-order valence-corrected chi connectivity index (χ3v) is 7.70. The van der Waals surface area contributed by atoms with E-state index in [1.165, 1.54) is 22.5 Å². The molecule has 2 saturated heterocycles. The number of anilines is 1. The Hall–Kier alpha value is -2.23. The van der Waals surface area contributed by atoms with Gasteiger partial charge in [-0.25, -0.2) is 8.42 Å². The largest absolute Gasteiger partial charge is 0.381 e. The maximum absolute atomic E-state index is 13.0. The first-order valence-electron chi connectivity index (χ1n) is 10.2. The second-order valence-corrected chi connectivity index (χ2v) is 10.00. The van der Waals surface area contributed by atoms with Gasteiger partial charge in [0.15, 0.2) is 0 Å². The van der Waals surface area contributed by atoms with Crippen LogP contribution >= 0.6 is 0 Å². The van der Waals surface area contributed by atoms with Crippen molar-refractivity contribution in [3.63, 3.8) is 0 Å². The first-order valence-corrected chi connectivity index (χ1v) is 11.6. The molecule has 3 rings (SSSR count). The van der Waals surface area contributed by atoms with Gasteiger partial charge in [0.05, 0.1) is 4.90 Å². The first kappa shape index (κ1) is 22.5. The summed E-state index contributed by atoms with van der Waals surface area (Å²) in [5.41, 5.74) is 0.124. The Labute approximate surface area is 177 Å². The van der Waals surface area contributed by atoms with Gasteiger partial charge in [0, 0.05) is 43.4 Å². The maximum Gasteiger partial charge on any atom is 0.243 e. The van der Waals surface area contributed by atoms with Gasteiger partial charge >= 0.3 is 0 Å². The van der Waals surface area contributed by atoms with Crippen LogP contribution in [0.4, 0.5) is 5.69 Å². The molecule has 1 aromatic rings. The number of carbonyl (C=O) groups is 2. The fourth-order valence-electron chi connectivity index (χ4n) is 3.76. The molecule has 0 spiro atoms. The summed E-state index contributed by atoms with van der Waals surface area (Å²) in [5.74, 6) is -0.399. The highest BCUT2D eigenvalue weighted by atomic mass is 32.2. The second-order valence-electron chi connectivity index (χ2n) is 8.06. The van der Waals surface area contributed by atoms with Crippen LogP contribution in [0.15, 0.2) is 41.8 Å². The maximum atomic E-state index is 13.0. The standard InChI is InChI=1S/C21H29N3O5S/c1-3-19(25)23-21(2)10-12-24(13-11-21)30(27,28)18-6-4-17(5-7-18)22-20(26)16-8-14-29-15-9-16/h3-7,16H,1,8-15H2,2H3,(H,22,26)(H,23,25). The lowest BCUT2D eigenvalue weighted by Gasteiger charge is -2.39. The Kier molecular flexibility index (Phi) is 6.95. The highest BCUT2D eigenvalue weighted by Gasteiger charge is 2.36. The van der Waals surface area contributed by atoms with Crippen molar-refractivity contribution in [3.05, 3.63) is 36.9 Å². The van der Waals surface area contributed by atoms with Crippen LogP contribution in [-0.2, 0) is 24.3 Å². The predicted octanol–water partition coefficient (Wildman–Crippen LogP) is 1.90. The van der Waals surface area contributed by atoms with Crippen LogP contribution < -0.4 is 10.6 Å². The quantitative estimate of drug-likeness (QED) is 0.664. The Morgan fingerprint density at radius 1 is 1.17 bits per heavy atom. The van der Waals surface area contributed by atoms with E-state index in [9.17, 15) is 18.0 Å². The van der Waals surface area contributed by atoms with E-state index in [0.29, 0.717) is 57.7 Å². The summed E-state index contributed by atoms with van der Waals surface area (Å²) >= 11 is 0. The summed E-state index contributed by atoms with van der Waals surface area (Å²) in [4.78, 5) is 24.1. The molecule has 2 heterocycles. The zero-order chi connectivity index (χ0) is 21.8. The number of hydrogen-bond donors (Lipinski definition) is 2. The molecule has 0 aliphatic carbocycles. The number of rotatable bonds is 6. The van der Waals surface area contributed by atoms with Gasteiger partial charge in [-0.2, -0.15) is 4.31 Å². The third kappa shape index (κ3) is 5.27. The SMILES string of the molecule is C=CC(=O)NC1(C)CCN(S(=O)(=O)c2ccc(NC(=O)C3CCOCC3)cc2)CC1. The summed E-state index contributed by atoms with van der Waals surface area (Å²) in [6, 6.07) is 6.26. The van der Waals surface area contributed by atoms with E-state index in [0.717, 1.165) is 0 Å². The number of benzene rings is 1. The van der Waals surface area contributed by atoms with Crippen molar-refractivity contribution in [1.82, 2.24) is 9.62 Å². The van der Waals surface area contributed by atoms with Gasteiger partial charge in [0.1, 0.15) is 0 Å². The van der Waals surface area contributed by atoms with Gasteiger partial charge in [-0.1, -0.05) is 6.58 Å². The highest BCUT2D eigenvalue weighted by molar-refractivity contribution is 7.89. The smallest absolute Gasteiger partial charge is 0.243 e. The average molecular weight is 436 g/mol. The average Bonchev–Trinajstić information content (AvgIpc) is 2.74. The van der Waals surface area contributed by atoms with Crippen molar-refractivity contribution < 1.29 is 22.7 Å². The summed E-state index contributed by atoms with van der Waals surface area (Å²) in [6.45, 7) is 7.17. The Morgan fingerprint density at radius 2 is 1.77 bits per heavy atom. The minimum absolute atomic E-state index is 0.0641. The molecule has 9 heteroatoms. The van der Waals surface area contributed by atoms with Crippen LogP contribution in [0.2, 0.25) is 0 Å². The zero-order valence-electron chi connectivity index (χ0n) is 17.2. The van der Waals surface area contributed by atoms with E-state index >= 15 is 0 Å². The number of ether oxygens (including phenoxy) is 1. The number of hydrogen-bond acceptors (Lipinski definition) is 5. The molecule has 0 bridgehead atoms. The first-order chi connectivity index (χ1) is 14.2. The Morgan fingerprint density at radius 3 is 2.33 bits per heavy atom.